The van der Waals surface area contributed by atoms with Gasteiger partial charge < -0.3 is 4.98 Å². The van der Waals surface area contributed by atoms with Crippen LogP contribution >= 0.6 is 22.9 Å². The highest BCUT2D eigenvalue weighted by Gasteiger charge is 2.15. The number of thiazole rings is 1. The zero-order valence-corrected chi connectivity index (χ0v) is 14.9. The van der Waals surface area contributed by atoms with E-state index in [0.717, 1.165) is 0 Å². The molecular weight excluding hydrogens is 370 g/mol. The predicted octanol–water partition coefficient (Wildman–Crippen LogP) is 4.56. The lowest BCUT2D eigenvalue weighted by atomic mass is 10.1. The number of aromatic nitrogens is 2. The van der Waals surface area contributed by atoms with Crippen molar-refractivity contribution in [3.63, 3.8) is 0 Å². The fraction of sp³-hybridized carbons (Fsp3) is 0. The molecule has 0 bridgehead atoms. The Kier molecular flexibility index (Phi) is 4.28. The molecule has 5 nitrogen and oxygen atoms in total. The fourth-order valence-electron chi connectivity index (χ4n) is 2.74. The molecule has 0 unspecified atom stereocenters. The molecule has 1 amide bonds. The molecule has 0 spiro atoms. The van der Waals surface area contributed by atoms with Crippen LogP contribution in [0, 0.1) is 0 Å². The standard InChI is InChI=1S/C19H12ClN3O2S/c20-14-7-2-1-4-11(14)15-10-16(24)12-5-3-6-13(17(12)22-15)18(25)23-19-21-8-9-26-19/h1-10H,(H,22,24)(H,21,23,25). The molecule has 0 saturated carbocycles. The van der Waals surface area contributed by atoms with Gasteiger partial charge in [0.25, 0.3) is 5.91 Å². The minimum absolute atomic E-state index is 0.183. The third kappa shape index (κ3) is 3.00. The summed E-state index contributed by atoms with van der Waals surface area (Å²) in [6, 6.07) is 13.7. The second kappa shape index (κ2) is 6.74. The van der Waals surface area contributed by atoms with E-state index in [9.17, 15) is 9.59 Å². The van der Waals surface area contributed by atoms with Crippen molar-refractivity contribution in [2.24, 2.45) is 0 Å². The third-order valence-electron chi connectivity index (χ3n) is 3.93. The first-order valence-electron chi connectivity index (χ1n) is 7.75. The number of pyridine rings is 1. The van der Waals surface area contributed by atoms with Crippen LogP contribution in [0.4, 0.5) is 5.13 Å². The first-order valence-corrected chi connectivity index (χ1v) is 9.01. The molecule has 0 atom stereocenters. The molecular formula is C19H12ClN3O2S. The van der Waals surface area contributed by atoms with Gasteiger partial charge in [0.2, 0.25) is 0 Å². The lowest BCUT2D eigenvalue weighted by Crippen LogP contribution is -2.14. The Labute approximate surface area is 157 Å². The minimum Gasteiger partial charge on any atom is -0.354 e. The van der Waals surface area contributed by atoms with Gasteiger partial charge >= 0.3 is 0 Å². The van der Waals surface area contributed by atoms with Crippen molar-refractivity contribution in [2.45, 2.75) is 0 Å². The van der Waals surface area contributed by atoms with Gasteiger partial charge in [0.15, 0.2) is 10.6 Å². The molecule has 2 aromatic heterocycles. The fourth-order valence-corrected chi connectivity index (χ4v) is 3.50. The maximum Gasteiger partial charge on any atom is 0.259 e. The van der Waals surface area contributed by atoms with E-state index in [2.05, 4.69) is 15.3 Å². The number of nitrogens with zero attached hydrogens (tertiary/aromatic N) is 1. The number of fused-ring (bicyclic) bond motifs is 1. The van der Waals surface area contributed by atoms with Crippen molar-refractivity contribution in [1.29, 1.82) is 0 Å². The van der Waals surface area contributed by atoms with E-state index in [1.54, 1.807) is 35.8 Å². The molecule has 2 aromatic carbocycles. The smallest absolute Gasteiger partial charge is 0.259 e. The SMILES string of the molecule is O=C(Nc1nccs1)c1cccc2c(=O)cc(-c3ccccc3Cl)[nH]c12. The van der Waals surface area contributed by atoms with Gasteiger partial charge in [-0.25, -0.2) is 4.98 Å². The van der Waals surface area contributed by atoms with Crippen LogP contribution < -0.4 is 10.7 Å². The second-order valence-corrected chi connectivity index (χ2v) is 6.85. The number of rotatable bonds is 3. The van der Waals surface area contributed by atoms with Crippen molar-refractivity contribution in [3.8, 4) is 11.3 Å². The monoisotopic (exact) mass is 381 g/mol. The number of benzene rings is 2. The Balaban J connectivity index is 1.88. The number of carbonyl (C=O) groups is 1. The lowest BCUT2D eigenvalue weighted by molar-refractivity contribution is 0.102. The predicted molar refractivity (Wildman–Crippen MR) is 105 cm³/mol. The van der Waals surface area contributed by atoms with Crippen LogP contribution in [0.3, 0.4) is 0 Å². The van der Waals surface area contributed by atoms with Gasteiger partial charge in [-0.05, 0) is 18.2 Å². The largest absolute Gasteiger partial charge is 0.354 e. The van der Waals surface area contributed by atoms with E-state index in [-0.39, 0.29) is 11.3 Å². The molecule has 2 heterocycles. The molecule has 0 fully saturated rings. The summed E-state index contributed by atoms with van der Waals surface area (Å²) < 4.78 is 0. The van der Waals surface area contributed by atoms with E-state index in [1.807, 2.05) is 18.2 Å². The van der Waals surface area contributed by atoms with Gasteiger partial charge in [-0.3, -0.25) is 14.9 Å². The number of amides is 1. The number of nitrogens with one attached hydrogen (secondary N) is 2. The van der Waals surface area contributed by atoms with Gasteiger partial charge in [-0.2, -0.15) is 0 Å². The van der Waals surface area contributed by atoms with Gasteiger partial charge in [0.1, 0.15) is 0 Å². The number of H-pyrrole nitrogens is 1. The molecule has 7 heteroatoms. The van der Waals surface area contributed by atoms with Crippen LogP contribution in [-0.4, -0.2) is 15.9 Å². The summed E-state index contributed by atoms with van der Waals surface area (Å²) in [6.45, 7) is 0. The summed E-state index contributed by atoms with van der Waals surface area (Å²) in [6.07, 6.45) is 1.61. The summed E-state index contributed by atoms with van der Waals surface area (Å²) in [4.78, 5) is 32.5. The van der Waals surface area contributed by atoms with Gasteiger partial charge in [0, 0.05) is 33.6 Å². The summed E-state index contributed by atoms with van der Waals surface area (Å²) >= 11 is 7.58. The van der Waals surface area contributed by atoms with Crippen molar-refractivity contribution in [1.82, 2.24) is 9.97 Å². The second-order valence-electron chi connectivity index (χ2n) is 5.55. The lowest BCUT2D eigenvalue weighted by Gasteiger charge is -2.10. The number of aromatic amines is 1. The van der Waals surface area contributed by atoms with E-state index >= 15 is 0 Å². The highest BCUT2D eigenvalue weighted by Crippen LogP contribution is 2.27. The first-order chi connectivity index (χ1) is 12.6. The van der Waals surface area contributed by atoms with Crippen molar-refractivity contribution < 1.29 is 4.79 Å². The quantitative estimate of drug-likeness (QED) is 0.546. The van der Waals surface area contributed by atoms with Gasteiger partial charge in [0.05, 0.1) is 16.8 Å². The van der Waals surface area contributed by atoms with Crippen molar-refractivity contribution >= 4 is 44.9 Å². The Morgan fingerprint density at radius 3 is 2.77 bits per heavy atom. The number of halogens is 1. The average molecular weight is 382 g/mol. The van der Waals surface area contributed by atoms with E-state index in [4.69, 9.17) is 11.6 Å². The Bertz CT molecular complexity index is 1170. The normalized spacial score (nSPS) is 10.8. The summed E-state index contributed by atoms with van der Waals surface area (Å²) in [5, 5.41) is 5.97. The summed E-state index contributed by atoms with van der Waals surface area (Å²) in [7, 11) is 0. The first kappa shape index (κ1) is 16.5. The van der Waals surface area contributed by atoms with E-state index in [0.29, 0.717) is 37.9 Å². The number of hydrogen-bond donors (Lipinski definition) is 2. The molecule has 0 saturated heterocycles. The highest BCUT2D eigenvalue weighted by atomic mass is 35.5. The Morgan fingerprint density at radius 2 is 2.00 bits per heavy atom. The van der Waals surface area contributed by atoms with Crippen LogP contribution in [0.2, 0.25) is 5.02 Å². The maximum absolute atomic E-state index is 12.7. The number of para-hydroxylation sites is 1. The van der Waals surface area contributed by atoms with Gasteiger partial charge in [-0.15, -0.1) is 11.3 Å². The van der Waals surface area contributed by atoms with Gasteiger partial charge in [-0.1, -0.05) is 35.9 Å². The molecule has 0 aliphatic rings. The van der Waals surface area contributed by atoms with Crippen LogP contribution in [0.25, 0.3) is 22.2 Å². The molecule has 2 N–H and O–H groups in total. The zero-order valence-electron chi connectivity index (χ0n) is 13.3. The molecule has 4 rings (SSSR count). The molecule has 26 heavy (non-hydrogen) atoms. The number of anilines is 1. The van der Waals surface area contributed by atoms with Crippen LogP contribution in [0.15, 0.2) is 64.9 Å². The van der Waals surface area contributed by atoms with Crippen molar-refractivity contribution in [2.75, 3.05) is 5.32 Å². The van der Waals surface area contributed by atoms with E-state index < -0.39 is 0 Å². The summed E-state index contributed by atoms with van der Waals surface area (Å²) in [5.41, 5.74) is 1.90. The van der Waals surface area contributed by atoms with Crippen LogP contribution in [0.5, 0.6) is 0 Å². The molecule has 0 radical (unpaired) electrons. The number of hydrogen-bond acceptors (Lipinski definition) is 4. The van der Waals surface area contributed by atoms with Crippen LogP contribution in [-0.2, 0) is 0 Å². The van der Waals surface area contributed by atoms with Crippen LogP contribution in [0.1, 0.15) is 10.4 Å². The Morgan fingerprint density at radius 1 is 1.15 bits per heavy atom. The van der Waals surface area contributed by atoms with Crippen molar-refractivity contribution in [3.05, 3.63) is 80.9 Å². The number of carbonyl (C=O) groups excluding carboxylic acids is 1. The zero-order chi connectivity index (χ0) is 18.1. The average Bonchev–Trinajstić information content (AvgIpc) is 3.14. The summed E-state index contributed by atoms with van der Waals surface area (Å²) in [5.74, 6) is -0.336. The molecule has 0 aliphatic heterocycles. The molecule has 4 aromatic rings. The Hall–Kier alpha value is -2.96. The maximum atomic E-state index is 12.7. The third-order valence-corrected chi connectivity index (χ3v) is 4.94. The molecule has 128 valence electrons. The highest BCUT2D eigenvalue weighted by molar-refractivity contribution is 7.13. The minimum atomic E-state index is -0.336. The van der Waals surface area contributed by atoms with E-state index in [1.165, 1.54) is 17.4 Å². The molecule has 0 aliphatic carbocycles. The topological polar surface area (TPSA) is 74.8 Å².